The molecule has 0 saturated heterocycles. The molecule has 0 saturated carbocycles. The molecule has 0 radical (unpaired) electrons. The average molecular weight is 230 g/mol. The molecule has 15 heavy (non-hydrogen) atoms. The van der Waals surface area contributed by atoms with Crippen molar-refractivity contribution < 1.29 is 14.3 Å². The summed E-state index contributed by atoms with van der Waals surface area (Å²) in [6.07, 6.45) is 0. The third kappa shape index (κ3) is 3.41. The van der Waals surface area contributed by atoms with Crippen molar-refractivity contribution in [1.29, 1.82) is 0 Å². The fraction of sp³-hybridized carbons (Fsp3) is 0.222. The Morgan fingerprint density at radius 3 is 2.80 bits per heavy atom. The lowest BCUT2D eigenvalue weighted by atomic mass is 10.3. The molecule has 1 unspecified atom stereocenters. The third-order valence-corrected chi connectivity index (χ3v) is 2.83. The first-order valence-electron chi connectivity index (χ1n) is 4.17. The van der Waals surface area contributed by atoms with E-state index >= 15 is 0 Å². The van der Waals surface area contributed by atoms with E-state index in [4.69, 9.17) is 16.6 Å². The molecule has 0 aliphatic heterocycles. The molecular formula is C9H11FN2O2S. The van der Waals surface area contributed by atoms with Crippen molar-refractivity contribution in [2.24, 2.45) is 5.73 Å². The molecule has 0 aromatic heterocycles. The molecule has 0 heterocycles. The van der Waals surface area contributed by atoms with Crippen molar-refractivity contribution in [2.45, 2.75) is 10.9 Å². The maximum Gasteiger partial charge on any atom is 0.321 e. The highest BCUT2D eigenvalue weighted by Crippen LogP contribution is 2.22. The number of nitrogen functional groups attached to an aromatic ring is 1. The predicted molar refractivity (Wildman–Crippen MR) is 57.1 cm³/mol. The largest absolute Gasteiger partial charge is 0.480 e. The Morgan fingerprint density at radius 1 is 1.60 bits per heavy atom. The van der Waals surface area contributed by atoms with Crippen LogP contribution in [-0.2, 0) is 4.79 Å². The van der Waals surface area contributed by atoms with Gasteiger partial charge in [0.15, 0.2) is 0 Å². The minimum Gasteiger partial charge on any atom is -0.480 e. The van der Waals surface area contributed by atoms with Crippen LogP contribution < -0.4 is 11.5 Å². The topological polar surface area (TPSA) is 89.3 Å². The van der Waals surface area contributed by atoms with Crippen LogP contribution in [0.1, 0.15) is 0 Å². The quantitative estimate of drug-likeness (QED) is 0.528. The number of nitrogens with two attached hydrogens (primary N) is 2. The Hall–Kier alpha value is -1.27. The Labute approximate surface area is 90.5 Å². The summed E-state index contributed by atoms with van der Waals surface area (Å²) in [5.74, 6) is -1.39. The van der Waals surface area contributed by atoms with Gasteiger partial charge in [0.25, 0.3) is 0 Å². The monoisotopic (exact) mass is 230 g/mol. The Bertz CT molecular complexity index is 373. The summed E-state index contributed by atoms with van der Waals surface area (Å²) in [6.45, 7) is 0. The van der Waals surface area contributed by atoms with E-state index in [0.29, 0.717) is 4.90 Å². The van der Waals surface area contributed by atoms with Gasteiger partial charge in [-0.3, -0.25) is 4.79 Å². The van der Waals surface area contributed by atoms with Crippen LogP contribution in [0.2, 0.25) is 0 Å². The SMILES string of the molecule is Nc1ccc(SCC(N)C(=O)O)cc1F. The fourth-order valence-electron chi connectivity index (χ4n) is 0.855. The van der Waals surface area contributed by atoms with E-state index in [0.717, 1.165) is 0 Å². The van der Waals surface area contributed by atoms with Gasteiger partial charge < -0.3 is 16.6 Å². The zero-order valence-electron chi connectivity index (χ0n) is 7.81. The number of hydrogen-bond donors (Lipinski definition) is 3. The number of carboxylic acid groups (broad SMARTS) is 1. The Balaban J connectivity index is 2.58. The highest BCUT2D eigenvalue weighted by atomic mass is 32.2. The van der Waals surface area contributed by atoms with Gasteiger partial charge in [-0.1, -0.05) is 0 Å². The molecule has 6 heteroatoms. The second-order valence-corrected chi connectivity index (χ2v) is 4.03. The lowest BCUT2D eigenvalue weighted by Gasteiger charge is -2.06. The van der Waals surface area contributed by atoms with E-state index in [1.54, 1.807) is 6.07 Å². The van der Waals surface area contributed by atoms with Crippen molar-refractivity contribution in [2.75, 3.05) is 11.5 Å². The van der Waals surface area contributed by atoms with Crippen LogP contribution in [0, 0.1) is 5.82 Å². The number of rotatable bonds is 4. The molecule has 0 bridgehead atoms. The Morgan fingerprint density at radius 2 is 2.27 bits per heavy atom. The summed E-state index contributed by atoms with van der Waals surface area (Å²) in [6, 6.07) is 3.37. The second-order valence-electron chi connectivity index (χ2n) is 2.94. The van der Waals surface area contributed by atoms with Crippen LogP contribution >= 0.6 is 11.8 Å². The second kappa shape index (κ2) is 4.99. The predicted octanol–water partition coefficient (Wildman–Crippen LogP) is 0.912. The molecule has 1 rings (SSSR count). The molecule has 0 aliphatic rings. The lowest BCUT2D eigenvalue weighted by Crippen LogP contribution is -2.32. The first kappa shape index (κ1) is 11.8. The van der Waals surface area contributed by atoms with Crippen molar-refractivity contribution in [3.05, 3.63) is 24.0 Å². The maximum atomic E-state index is 13.0. The van der Waals surface area contributed by atoms with Gasteiger partial charge in [0.05, 0.1) is 5.69 Å². The third-order valence-electron chi connectivity index (χ3n) is 1.72. The van der Waals surface area contributed by atoms with Crippen LogP contribution in [0.15, 0.2) is 23.1 Å². The van der Waals surface area contributed by atoms with Gasteiger partial charge in [-0.05, 0) is 18.2 Å². The van der Waals surface area contributed by atoms with Gasteiger partial charge in [-0.15, -0.1) is 11.8 Å². The van der Waals surface area contributed by atoms with Gasteiger partial charge >= 0.3 is 5.97 Å². The molecule has 82 valence electrons. The standard InChI is InChI=1S/C9H11FN2O2S/c10-6-3-5(1-2-7(6)11)15-4-8(12)9(13)14/h1-3,8H,4,11-12H2,(H,13,14). The lowest BCUT2D eigenvalue weighted by molar-refractivity contribution is -0.137. The van der Waals surface area contributed by atoms with Crippen LogP contribution in [0.4, 0.5) is 10.1 Å². The molecule has 1 atom stereocenters. The fourth-order valence-corrected chi connectivity index (χ4v) is 1.72. The number of hydrogen-bond acceptors (Lipinski definition) is 4. The van der Waals surface area contributed by atoms with E-state index in [2.05, 4.69) is 0 Å². The summed E-state index contributed by atoms with van der Waals surface area (Å²) in [4.78, 5) is 11.0. The first-order valence-corrected chi connectivity index (χ1v) is 5.15. The molecular weight excluding hydrogens is 219 g/mol. The highest BCUT2D eigenvalue weighted by molar-refractivity contribution is 7.99. The van der Waals surface area contributed by atoms with E-state index < -0.39 is 17.8 Å². The summed E-state index contributed by atoms with van der Waals surface area (Å²) in [5, 5.41) is 8.53. The number of carboxylic acids is 1. The van der Waals surface area contributed by atoms with Gasteiger partial charge in [-0.2, -0.15) is 0 Å². The van der Waals surface area contributed by atoms with Crippen LogP contribution in [0.3, 0.4) is 0 Å². The average Bonchev–Trinajstić information content (AvgIpc) is 2.19. The molecule has 5 N–H and O–H groups in total. The summed E-state index contributed by atoms with van der Waals surface area (Å²) < 4.78 is 13.0. The van der Waals surface area contributed by atoms with Crippen LogP contribution in [0.25, 0.3) is 0 Å². The molecule has 1 aromatic carbocycles. The van der Waals surface area contributed by atoms with Crippen molar-refractivity contribution in [3.8, 4) is 0 Å². The van der Waals surface area contributed by atoms with E-state index in [1.807, 2.05) is 0 Å². The van der Waals surface area contributed by atoms with E-state index in [1.165, 1.54) is 23.9 Å². The zero-order valence-corrected chi connectivity index (χ0v) is 8.63. The number of halogens is 1. The number of carbonyl (C=O) groups is 1. The van der Waals surface area contributed by atoms with Gasteiger partial charge in [-0.25, -0.2) is 4.39 Å². The number of anilines is 1. The Kier molecular flexibility index (Phi) is 3.93. The van der Waals surface area contributed by atoms with Gasteiger partial charge in [0, 0.05) is 10.6 Å². The van der Waals surface area contributed by atoms with Crippen LogP contribution in [0.5, 0.6) is 0 Å². The van der Waals surface area contributed by atoms with E-state index in [-0.39, 0.29) is 11.4 Å². The number of thioether (sulfide) groups is 1. The van der Waals surface area contributed by atoms with Crippen LogP contribution in [-0.4, -0.2) is 22.9 Å². The molecule has 1 aromatic rings. The van der Waals surface area contributed by atoms with E-state index in [9.17, 15) is 9.18 Å². The normalized spacial score (nSPS) is 12.4. The minimum absolute atomic E-state index is 0.0712. The number of benzene rings is 1. The smallest absolute Gasteiger partial charge is 0.321 e. The summed E-state index contributed by atoms with van der Waals surface area (Å²) >= 11 is 1.18. The maximum absolute atomic E-state index is 13.0. The number of aliphatic carboxylic acids is 1. The molecule has 4 nitrogen and oxygen atoms in total. The molecule has 0 fully saturated rings. The molecule has 0 spiro atoms. The van der Waals surface area contributed by atoms with Crippen molar-refractivity contribution in [3.63, 3.8) is 0 Å². The zero-order chi connectivity index (χ0) is 11.4. The van der Waals surface area contributed by atoms with Gasteiger partial charge in [0.1, 0.15) is 11.9 Å². The highest BCUT2D eigenvalue weighted by Gasteiger charge is 2.11. The van der Waals surface area contributed by atoms with Gasteiger partial charge in [0.2, 0.25) is 0 Å². The minimum atomic E-state index is -1.07. The van der Waals surface area contributed by atoms with Crippen molar-refractivity contribution >= 4 is 23.4 Å². The summed E-state index contributed by atoms with van der Waals surface area (Å²) in [5.41, 5.74) is 10.7. The molecule has 0 aliphatic carbocycles. The molecule has 0 amide bonds. The van der Waals surface area contributed by atoms with Crippen molar-refractivity contribution in [1.82, 2.24) is 0 Å². The first-order chi connectivity index (χ1) is 7.00. The summed E-state index contributed by atoms with van der Waals surface area (Å²) in [7, 11) is 0.